The van der Waals surface area contributed by atoms with Gasteiger partial charge in [0.15, 0.2) is 0 Å². The van der Waals surface area contributed by atoms with Gasteiger partial charge in [0.2, 0.25) is 0 Å². The third-order valence-electron chi connectivity index (χ3n) is 22.5. The highest BCUT2D eigenvalue weighted by Gasteiger charge is 2.46. The molecule has 0 atom stereocenters. The van der Waals surface area contributed by atoms with Gasteiger partial charge in [-0.3, -0.25) is 0 Å². The van der Waals surface area contributed by atoms with E-state index in [1.807, 2.05) is 0 Å². The quantitative estimate of drug-likeness (QED) is 0.113. The normalized spacial score (nSPS) is 12.2. The molecule has 4 heteroatoms. The number of fused-ring (bicyclic) bond motifs is 10. The third-order valence-corrected chi connectivity index (χ3v) is 22.5. The maximum atomic E-state index is 2.70. The molecule has 0 N–H and O–H groups in total. The van der Waals surface area contributed by atoms with E-state index < -0.39 is 0 Å². The summed E-state index contributed by atoms with van der Waals surface area (Å²) in [5.74, 6) is 0. The van der Waals surface area contributed by atoms with Crippen LogP contribution < -0.4 is 26.2 Å². The Kier molecular flexibility index (Phi) is 15.0. The molecule has 18 aromatic carbocycles. The molecule has 0 aliphatic carbocycles. The van der Waals surface area contributed by atoms with Crippen LogP contribution in [0.2, 0.25) is 0 Å². The number of aromatic nitrogens is 1. The van der Waals surface area contributed by atoms with Crippen molar-refractivity contribution in [1.29, 1.82) is 0 Å². The van der Waals surface area contributed by atoms with Crippen molar-refractivity contribution in [3.05, 3.63) is 413 Å². The average Bonchev–Trinajstić information content (AvgIpc) is 0.819. The smallest absolute Gasteiger partial charge is 0.252 e. The highest BCUT2D eigenvalue weighted by Crippen LogP contribution is 2.56. The minimum absolute atomic E-state index is 0.302. The van der Waals surface area contributed by atoms with Gasteiger partial charge in [-0.05, 0) is 171 Å². The van der Waals surface area contributed by atoms with E-state index in [4.69, 9.17) is 0 Å². The molecule has 0 fully saturated rings. The first-order valence-corrected chi connectivity index (χ1v) is 37.4. The summed E-state index contributed by atoms with van der Waals surface area (Å²) in [7, 11) is 0. The summed E-state index contributed by atoms with van der Waals surface area (Å²) < 4.78 is 2.62. The van der Waals surface area contributed by atoms with E-state index in [0.717, 1.165) is 140 Å². The SMILES string of the molecule is c1ccc(-c2ccc3c(c2)B2c4cc(-c5ccccc5)ccc4N(c4c(-c5ccccc5)cc(-c5ccccc5)cc4-c4ccccc4)c4cc(-n5c6ccc(-c7cccc8ccccc78)cc6c6ccc7ccccc7c65)cc(c42)N3c2c(-c3ccccc3)cc(-c3ccccc3)cc2-c2ccccc2)cc1. The minimum atomic E-state index is -0.302. The lowest BCUT2D eigenvalue weighted by atomic mass is 9.33. The summed E-state index contributed by atoms with van der Waals surface area (Å²) in [6.45, 7) is -0.302. The van der Waals surface area contributed by atoms with Crippen molar-refractivity contribution in [3.63, 3.8) is 0 Å². The van der Waals surface area contributed by atoms with Gasteiger partial charge in [0.1, 0.15) is 0 Å². The van der Waals surface area contributed by atoms with Crippen LogP contribution in [0.1, 0.15) is 0 Å². The van der Waals surface area contributed by atoms with Crippen molar-refractivity contribution in [1.82, 2.24) is 4.57 Å². The molecule has 0 amide bonds. The lowest BCUT2D eigenvalue weighted by Gasteiger charge is -2.46. The Bertz CT molecular complexity index is 6290. The number of benzene rings is 18. The summed E-state index contributed by atoms with van der Waals surface area (Å²) in [5, 5.41) is 7.17. The van der Waals surface area contributed by atoms with Gasteiger partial charge in [-0.1, -0.05) is 352 Å². The van der Waals surface area contributed by atoms with Crippen molar-refractivity contribution in [2.75, 3.05) is 9.80 Å². The van der Waals surface area contributed by atoms with E-state index >= 15 is 0 Å². The molecule has 502 valence electrons. The van der Waals surface area contributed by atoms with E-state index in [2.05, 4.69) is 427 Å². The van der Waals surface area contributed by atoms with Crippen LogP contribution >= 0.6 is 0 Å². The molecule has 0 bridgehead atoms. The fourth-order valence-corrected chi connectivity index (χ4v) is 17.6. The van der Waals surface area contributed by atoms with Crippen molar-refractivity contribution in [2.24, 2.45) is 0 Å². The molecule has 0 spiro atoms. The van der Waals surface area contributed by atoms with Crippen molar-refractivity contribution < 1.29 is 0 Å². The standard InChI is InChI=1S/C104H68BN3/c1-9-30-69(31-10-1)79-53-58-97-94(65-79)105-95-66-80(70-32-11-2-12-33-70)54-59-98(95)108(104-91(76-42-21-7-22-43-76)63-83(72-36-15-4-16-37-72)64-92(104)77-44-23-8-24-45-77)100-68-84(106-96-57-55-81(86-51-29-48-73-46-25-27-49-85(73)86)60-93(96)88-56-52-78-47-26-28-50-87(78)102(88)106)67-99(101(100)105)107(97)103-89(74-38-17-5-18-39-74)61-82(71-34-13-3-14-35-71)62-90(103)75-40-19-6-20-41-75/h1-68H. The van der Waals surface area contributed by atoms with Crippen molar-refractivity contribution in [2.45, 2.75) is 0 Å². The zero-order valence-electron chi connectivity index (χ0n) is 59.2. The lowest BCUT2D eigenvalue weighted by Crippen LogP contribution is -2.61. The first-order valence-electron chi connectivity index (χ1n) is 37.4. The van der Waals surface area contributed by atoms with Crippen molar-refractivity contribution >= 4 is 101 Å². The molecule has 2 aliphatic heterocycles. The monoisotopic (exact) mass is 1370 g/mol. The minimum Gasteiger partial charge on any atom is -0.310 e. The average molecular weight is 1370 g/mol. The van der Waals surface area contributed by atoms with Crippen LogP contribution in [0.25, 0.3) is 149 Å². The molecule has 0 saturated carbocycles. The van der Waals surface area contributed by atoms with Gasteiger partial charge < -0.3 is 14.4 Å². The summed E-state index contributed by atoms with van der Waals surface area (Å²) in [5.41, 5.74) is 34.0. The second-order valence-corrected chi connectivity index (χ2v) is 28.6. The Morgan fingerprint density at radius 2 is 0.556 bits per heavy atom. The van der Waals surface area contributed by atoms with Crippen LogP contribution in [0.4, 0.5) is 34.1 Å². The fourth-order valence-electron chi connectivity index (χ4n) is 17.6. The second-order valence-electron chi connectivity index (χ2n) is 28.6. The van der Waals surface area contributed by atoms with Gasteiger partial charge in [0.25, 0.3) is 6.71 Å². The van der Waals surface area contributed by atoms with Crippen LogP contribution in [0, 0.1) is 0 Å². The molecule has 3 nitrogen and oxygen atoms in total. The first kappa shape index (κ1) is 62.5. The molecule has 0 saturated heterocycles. The first-order chi connectivity index (χ1) is 53.6. The molecule has 1 aromatic heterocycles. The Labute approximate surface area is 629 Å². The van der Waals surface area contributed by atoms with Gasteiger partial charge in [0, 0.05) is 61.2 Å². The van der Waals surface area contributed by atoms with Crippen LogP contribution in [-0.2, 0) is 0 Å². The topological polar surface area (TPSA) is 11.4 Å². The zero-order chi connectivity index (χ0) is 71.2. The highest BCUT2D eigenvalue weighted by atomic mass is 15.2. The highest BCUT2D eigenvalue weighted by molar-refractivity contribution is 7.00. The van der Waals surface area contributed by atoms with Crippen LogP contribution in [0.5, 0.6) is 0 Å². The molecule has 0 unspecified atom stereocenters. The Morgan fingerprint density at radius 3 is 0.991 bits per heavy atom. The Hall–Kier alpha value is -14.1. The van der Waals surface area contributed by atoms with Gasteiger partial charge in [-0.15, -0.1) is 0 Å². The number of hydrogen-bond donors (Lipinski definition) is 0. The van der Waals surface area contributed by atoms with Crippen LogP contribution in [0.3, 0.4) is 0 Å². The number of anilines is 6. The summed E-state index contributed by atoms with van der Waals surface area (Å²) in [6, 6.07) is 154. The zero-order valence-corrected chi connectivity index (χ0v) is 59.2. The fraction of sp³-hybridized carbons (Fsp3) is 0. The van der Waals surface area contributed by atoms with Crippen LogP contribution in [0.15, 0.2) is 413 Å². The predicted molar refractivity (Wildman–Crippen MR) is 459 cm³/mol. The van der Waals surface area contributed by atoms with E-state index in [1.165, 1.54) is 59.8 Å². The van der Waals surface area contributed by atoms with Crippen LogP contribution in [-0.4, -0.2) is 11.3 Å². The molecule has 21 rings (SSSR count). The number of hydrogen-bond acceptors (Lipinski definition) is 2. The summed E-state index contributed by atoms with van der Waals surface area (Å²) >= 11 is 0. The largest absolute Gasteiger partial charge is 0.310 e. The van der Waals surface area contributed by atoms with Gasteiger partial charge in [-0.25, -0.2) is 0 Å². The summed E-state index contributed by atoms with van der Waals surface area (Å²) in [6.07, 6.45) is 0. The Balaban J connectivity index is 0.971. The molecular weight excluding hydrogens is 1300 g/mol. The van der Waals surface area contributed by atoms with Crippen molar-refractivity contribution in [3.8, 4) is 106 Å². The Morgan fingerprint density at radius 1 is 0.194 bits per heavy atom. The predicted octanol–water partition coefficient (Wildman–Crippen LogP) is 26.2. The molecule has 19 aromatic rings. The molecule has 108 heavy (non-hydrogen) atoms. The molecule has 3 heterocycles. The maximum Gasteiger partial charge on any atom is 0.252 e. The van der Waals surface area contributed by atoms with E-state index in [9.17, 15) is 0 Å². The summed E-state index contributed by atoms with van der Waals surface area (Å²) in [4.78, 5) is 5.40. The third kappa shape index (κ3) is 10.4. The van der Waals surface area contributed by atoms with E-state index in [0.29, 0.717) is 0 Å². The molecule has 0 radical (unpaired) electrons. The number of rotatable bonds is 12. The van der Waals surface area contributed by atoms with Gasteiger partial charge >= 0.3 is 0 Å². The second kappa shape index (κ2) is 26.0. The van der Waals surface area contributed by atoms with Gasteiger partial charge in [0.05, 0.1) is 28.1 Å². The lowest BCUT2D eigenvalue weighted by molar-refractivity contribution is 1.16. The number of nitrogens with zero attached hydrogens (tertiary/aromatic N) is 3. The molecular formula is C104H68BN3. The molecule has 2 aliphatic rings. The maximum absolute atomic E-state index is 2.70. The van der Waals surface area contributed by atoms with Gasteiger partial charge in [-0.2, -0.15) is 0 Å². The van der Waals surface area contributed by atoms with E-state index in [-0.39, 0.29) is 6.71 Å². The van der Waals surface area contributed by atoms with E-state index in [1.54, 1.807) is 0 Å².